The number of methoxy groups -OCH3 is 1. The number of benzene rings is 1. The highest BCUT2D eigenvalue weighted by Crippen LogP contribution is 2.26. The summed E-state index contributed by atoms with van der Waals surface area (Å²) < 4.78 is 39.1. The summed E-state index contributed by atoms with van der Waals surface area (Å²) in [5, 5.41) is 0. The Morgan fingerprint density at radius 1 is 1.32 bits per heavy atom. The van der Waals surface area contributed by atoms with Gasteiger partial charge in [0.15, 0.2) is 0 Å². The lowest BCUT2D eigenvalue weighted by Crippen LogP contribution is -2.38. The van der Waals surface area contributed by atoms with E-state index in [0.717, 1.165) is 25.0 Å². The Labute approximate surface area is 144 Å². The van der Waals surface area contributed by atoms with Crippen LogP contribution in [0.5, 0.6) is 5.75 Å². The molecule has 1 saturated heterocycles. The van der Waals surface area contributed by atoms with Gasteiger partial charge in [0.1, 0.15) is 22.9 Å². The van der Waals surface area contributed by atoms with Crippen LogP contribution in [-0.4, -0.2) is 37.3 Å². The Hall–Kier alpha value is -2.54. The van der Waals surface area contributed by atoms with Crippen molar-refractivity contribution < 1.29 is 23.0 Å². The third-order valence-electron chi connectivity index (χ3n) is 4.09. The van der Waals surface area contributed by atoms with Gasteiger partial charge in [0.25, 0.3) is 5.91 Å². The van der Waals surface area contributed by atoms with Crippen LogP contribution >= 0.6 is 0 Å². The van der Waals surface area contributed by atoms with Gasteiger partial charge in [-0.25, -0.2) is 8.78 Å². The molecule has 1 aliphatic rings. The van der Waals surface area contributed by atoms with Gasteiger partial charge < -0.3 is 14.4 Å². The van der Waals surface area contributed by atoms with E-state index < -0.39 is 23.1 Å². The number of hydrogen-bond donors (Lipinski definition) is 0. The summed E-state index contributed by atoms with van der Waals surface area (Å²) in [5.74, 6) is -2.68. The van der Waals surface area contributed by atoms with Gasteiger partial charge in [0, 0.05) is 36.8 Å². The standard InChI is InChI=1S/C18H18F2N2O3/c1-24-14-9-15(19)17(16(20)10-14)18(23)22(11-13-3-2-8-25-13)12-4-6-21-7-5-12/h4-7,9-10,13H,2-3,8,11H2,1H3. The van der Waals surface area contributed by atoms with Crippen molar-refractivity contribution in [2.24, 2.45) is 0 Å². The lowest BCUT2D eigenvalue weighted by molar-refractivity contribution is 0.0910. The molecule has 0 spiro atoms. The molecule has 132 valence electrons. The Morgan fingerprint density at radius 3 is 2.56 bits per heavy atom. The fourth-order valence-electron chi connectivity index (χ4n) is 2.83. The predicted molar refractivity (Wildman–Crippen MR) is 87.8 cm³/mol. The molecule has 7 heteroatoms. The third kappa shape index (κ3) is 3.76. The summed E-state index contributed by atoms with van der Waals surface area (Å²) >= 11 is 0. The molecule has 0 saturated carbocycles. The zero-order valence-electron chi connectivity index (χ0n) is 13.7. The van der Waals surface area contributed by atoms with E-state index in [2.05, 4.69) is 4.98 Å². The van der Waals surface area contributed by atoms with Crippen molar-refractivity contribution >= 4 is 11.6 Å². The molecule has 1 unspecified atom stereocenters. The van der Waals surface area contributed by atoms with Crippen LogP contribution in [0.4, 0.5) is 14.5 Å². The van der Waals surface area contributed by atoms with Gasteiger partial charge >= 0.3 is 0 Å². The fourth-order valence-corrected chi connectivity index (χ4v) is 2.83. The summed E-state index contributed by atoms with van der Waals surface area (Å²) in [6.07, 6.45) is 4.57. The molecule has 0 radical (unpaired) electrons. The van der Waals surface area contributed by atoms with Crippen LogP contribution in [0.15, 0.2) is 36.7 Å². The van der Waals surface area contributed by atoms with Gasteiger partial charge in [-0.3, -0.25) is 9.78 Å². The normalized spacial score (nSPS) is 16.7. The summed E-state index contributed by atoms with van der Waals surface area (Å²) in [7, 11) is 1.30. The Bertz CT molecular complexity index is 726. The van der Waals surface area contributed by atoms with E-state index in [0.29, 0.717) is 12.3 Å². The molecule has 2 heterocycles. The maximum Gasteiger partial charge on any atom is 0.264 e. The lowest BCUT2D eigenvalue weighted by atomic mass is 10.1. The molecule has 1 aromatic carbocycles. The third-order valence-corrected chi connectivity index (χ3v) is 4.09. The SMILES string of the molecule is COc1cc(F)c(C(=O)N(CC2CCCO2)c2ccncc2)c(F)c1. The number of anilines is 1. The Morgan fingerprint density at radius 2 is 2.00 bits per heavy atom. The minimum atomic E-state index is -0.965. The summed E-state index contributed by atoms with van der Waals surface area (Å²) in [6, 6.07) is 5.22. The van der Waals surface area contributed by atoms with Crippen molar-refractivity contribution in [2.75, 3.05) is 25.2 Å². The first kappa shape index (κ1) is 17.3. The fraction of sp³-hybridized carbons (Fsp3) is 0.333. The maximum atomic E-state index is 14.3. The minimum Gasteiger partial charge on any atom is -0.497 e. The molecule has 2 aromatic rings. The number of carbonyl (C=O) groups is 1. The first-order valence-corrected chi connectivity index (χ1v) is 7.96. The number of aromatic nitrogens is 1. The summed E-state index contributed by atoms with van der Waals surface area (Å²) in [6.45, 7) is 0.835. The largest absolute Gasteiger partial charge is 0.497 e. The molecule has 1 aromatic heterocycles. The highest BCUT2D eigenvalue weighted by atomic mass is 19.1. The first-order valence-electron chi connectivity index (χ1n) is 7.96. The molecule has 25 heavy (non-hydrogen) atoms. The van der Waals surface area contributed by atoms with Crippen molar-refractivity contribution in [3.8, 4) is 5.75 Å². The molecule has 1 amide bonds. The number of hydrogen-bond acceptors (Lipinski definition) is 4. The molecule has 0 aliphatic carbocycles. The van der Waals surface area contributed by atoms with Crippen molar-refractivity contribution in [3.05, 3.63) is 53.9 Å². The maximum absolute atomic E-state index is 14.3. The van der Waals surface area contributed by atoms with Crippen molar-refractivity contribution in [1.82, 2.24) is 4.98 Å². The average molecular weight is 348 g/mol. The number of amides is 1. The highest BCUT2D eigenvalue weighted by molar-refractivity contribution is 6.06. The molecule has 1 atom stereocenters. The number of halogens is 2. The minimum absolute atomic E-state index is 0.0149. The van der Waals surface area contributed by atoms with Crippen LogP contribution in [0.2, 0.25) is 0 Å². The second-order valence-electron chi connectivity index (χ2n) is 5.72. The van der Waals surface area contributed by atoms with Crippen molar-refractivity contribution in [2.45, 2.75) is 18.9 Å². The summed E-state index contributed by atoms with van der Waals surface area (Å²) in [5.41, 5.74) is -0.110. The van der Waals surface area contributed by atoms with Gasteiger partial charge in [-0.05, 0) is 25.0 Å². The van der Waals surface area contributed by atoms with Crippen LogP contribution in [0.1, 0.15) is 23.2 Å². The zero-order chi connectivity index (χ0) is 17.8. The Balaban J connectivity index is 1.96. The topological polar surface area (TPSA) is 51.7 Å². The van der Waals surface area contributed by atoms with E-state index in [-0.39, 0.29) is 18.4 Å². The van der Waals surface area contributed by atoms with E-state index >= 15 is 0 Å². The molecule has 1 aliphatic heterocycles. The summed E-state index contributed by atoms with van der Waals surface area (Å²) in [4.78, 5) is 18.1. The van der Waals surface area contributed by atoms with Gasteiger partial charge in [0.2, 0.25) is 0 Å². The number of pyridine rings is 1. The van der Waals surface area contributed by atoms with Gasteiger partial charge in [-0.15, -0.1) is 0 Å². The predicted octanol–water partition coefficient (Wildman–Crippen LogP) is 3.19. The molecule has 1 fully saturated rings. The van der Waals surface area contributed by atoms with Crippen molar-refractivity contribution in [1.29, 1.82) is 0 Å². The van der Waals surface area contributed by atoms with Gasteiger partial charge in [-0.1, -0.05) is 0 Å². The van der Waals surface area contributed by atoms with E-state index in [4.69, 9.17) is 9.47 Å². The monoisotopic (exact) mass is 348 g/mol. The number of ether oxygens (including phenoxy) is 2. The number of rotatable bonds is 5. The average Bonchev–Trinajstić information content (AvgIpc) is 3.12. The number of nitrogens with zero attached hydrogens (tertiary/aromatic N) is 2. The van der Waals surface area contributed by atoms with E-state index in [1.807, 2.05) is 0 Å². The molecular formula is C18H18F2N2O3. The molecule has 5 nitrogen and oxygen atoms in total. The van der Waals surface area contributed by atoms with Crippen LogP contribution in [0.3, 0.4) is 0 Å². The molecule has 0 bridgehead atoms. The first-order chi connectivity index (χ1) is 12.1. The van der Waals surface area contributed by atoms with E-state index in [1.54, 1.807) is 12.1 Å². The van der Waals surface area contributed by atoms with Gasteiger partial charge in [-0.2, -0.15) is 0 Å². The van der Waals surface area contributed by atoms with Gasteiger partial charge in [0.05, 0.1) is 19.8 Å². The molecular weight excluding hydrogens is 330 g/mol. The smallest absolute Gasteiger partial charge is 0.264 e. The zero-order valence-corrected chi connectivity index (χ0v) is 13.7. The lowest BCUT2D eigenvalue weighted by Gasteiger charge is -2.26. The van der Waals surface area contributed by atoms with Crippen LogP contribution in [0.25, 0.3) is 0 Å². The quantitative estimate of drug-likeness (QED) is 0.833. The second kappa shape index (κ2) is 7.57. The highest BCUT2D eigenvalue weighted by Gasteiger charge is 2.29. The van der Waals surface area contributed by atoms with Crippen molar-refractivity contribution in [3.63, 3.8) is 0 Å². The van der Waals surface area contributed by atoms with Crippen LogP contribution < -0.4 is 9.64 Å². The number of carbonyl (C=O) groups excluding carboxylic acids is 1. The van der Waals surface area contributed by atoms with Crippen LogP contribution in [0, 0.1) is 11.6 Å². The van der Waals surface area contributed by atoms with E-state index in [9.17, 15) is 13.6 Å². The second-order valence-corrected chi connectivity index (χ2v) is 5.72. The Kier molecular flexibility index (Phi) is 5.23. The van der Waals surface area contributed by atoms with E-state index in [1.165, 1.54) is 24.4 Å². The molecule has 0 N–H and O–H groups in total. The van der Waals surface area contributed by atoms with Crippen LogP contribution in [-0.2, 0) is 4.74 Å². The molecule has 3 rings (SSSR count).